The first-order valence-electron chi connectivity index (χ1n) is 6.46. The topological polar surface area (TPSA) is 58.4 Å². The van der Waals surface area contributed by atoms with Crippen LogP contribution in [0.2, 0.25) is 0 Å². The van der Waals surface area contributed by atoms with E-state index >= 15 is 0 Å². The highest BCUT2D eigenvalue weighted by Gasteiger charge is 2.10. The van der Waals surface area contributed by atoms with E-state index in [2.05, 4.69) is 10.2 Å². The van der Waals surface area contributed by atoms with Gasteiger partial charge in [0.05, 0.1) is 4.92 Å². The molecule has 1 aromatic carbocycles. The van der Waals surface area contributed by atoms with Crippen molar-refractivity contribution in [2.75, 3.05) is 31.5 Å². The summed E-state index contributed by atoms with van der Waals surface area (Å²) in [6, 6.07) is 6.58. The van der Waals surface area contributed by atoms with Gasteiger partial charge in [0.1, 0.15) is 0 Å². The van der Waals surface area contributed by atoms with Gasteiger partial charge in [0.25, 0.3) is 5.69 Å². The molecule has 1 aromatic rings. The van der Waals surface area contributed by atoms with Crippen LogP contribution in [0.1, 0.15) is 19.3 Å². The van der Waals surface area contributed by atoms with Crippen LogP contribution in [0.5, 0.6) is 0 Å². The molecule has 2 rings (SSSR count). The zero-order chi connectivity index (χ0) is 12.8. The Morgan fingerprint density at radius 3 is 2.50 bits per heavy atom. The van der Waals surface area contributed by atoms with Crippen LogP contribution < -0.4 is 5.32 Å². The van der Waals surface area contributed by atoms with E-state index in [4.69, 9.17) is 0 Å². The van der Waals surface area contributed by atoms with Crippen molar-refractivity contribution in [3.05, 3.63) is 34.4 Å². The molecule has 18 heavy (non-hydrogen) atoms. The maximum atomic E-state index is 10.5. The van der Waals surface area contributed by atoms with E-state index in [9.17, 15) is 10.1 Å². The van der Waals surface area contributed by atoms with Crippen molar-refractivity contribution in [2.45, 2.75) is 19.3 Å². The van der Waals surface area contributed by atoms with Gasteiger partial charge < -0.3 is 10.2 Å². The number of nitro groups is 1. The predicted molar refractivity (Wildman–Crippen MR) is 71.9 cm³/mol. The van der Waals surface area contributed by atoms with Gasteiger partial charge in [-0.2, -0.15) is 0 Å². The number of rotatable bonds is 6. The average molecular weight is 249 g/mol. The monoisotopic (exact) mass is 249 g/mol. The third-order valence-electron chi connectivity index (χ3n) is 3.26. The molecule has 1 saturated heterocycles. The van der Waals surface area contributed by atoms with Crippen molar-refractivity contribution in [1.82, 2.24) is 4.90 Å². The normalized spacial score (nSPS) is 15.8. The highest BCUT2D eigenvalue weighted by molar-refractivity contribution is 5.48. The van der Waals surface area contributed by atoms with E-state index < -0.39 is 0 Å². The Morgan fingerprint density at radius 1 is 1.22 bits per heavy atom. The highest BCUT2D eigenvalue weighted by atomic mass is 16.6. The Balaban J connectivity index is 1.68. The molecular formula is C13H19N3O2. The number of nitrogens with zero attached hydrogens (tertiary/aromatic N) is 2. The fourth-order valence-corrected chi connectivity index (χ4v) is 2.24. The second-order valence-corrected chi connectivity index (χ2v) is 4.63. The van der Waals surface area contributed by atoms with Crippen molar-refractivity contribution in [3.8, 4) is 0 Å². The van der Waals surface area contributed by atoms with E-state index in [1.165, 1.54) is 38.1 Å². The molecule has 0 spiro atoms. The highest BCUT2D eigenvalue weighted by Crippen LogP contribution is 2.15. The summed E-state index contributed by atoms with van der Waals surface area (Å²) >= 11 is 0. The molecule has 0 aromatic heterocycles. The van der Waals surface area contributed by atoms with Crippen molar-refractivity contribution in [3.63, 3.8) is 0 Å². The summed E-state index contributed by atoms with van der Waals surface area (Å²) in [6.45, 7) is 4.52. The molecule has 0 bridgehead atoms. The lowest BCUT2D eigenvalue weighted by molar-refractivity contribution is -0.384. The van der Waals surface area contributed by atoms with E-state index in [-0.39, 0.29) is 10.6 Å². The van der Waals surface area contributed by atoms with Gasteiger partial charge in [0.15, 0.2) is 0 Å². The van der Waals surface area contributed by atoms with Gasteiger partial charge in [-0.25, -0.2) is 0 Å². The Labute approximate surface area is 107 Å². The number of hydrogen-bond acceptors (Lipinski definition) is 4. The van der Waals surface area contributed by atoms with Crippen LogP contribution in [0.3, 0.4) is 0 Å². The molecule has 1 aliphatic heterocycles. The smallest absolute Gasteiger partial charge is 0.269 e. The molecule has 0 saturated carbocycles. The summed E-state index contributed by atoms with van der Waals surface area (Å²) in [4.78, 5) is 12.6. The minimum absolute atomic E-state index is 0.137. The van der Waals surface area contributed by atoms with Gasteiger partial charge in [0.2, 0.25) is 0 Å². The Hall–Kier alpha value is -1.62. The second kappa shape index (κ2) is 6.35. The van der Waals surface area contributed by atoms with Gasteiger partial charge in [-0.3, -0.25) is 10.1 Å². The van der Waals surface area contributed by atoms with E-state index in [0.29, 0.717) is 0 Å². The van der Waals surface area contributed by atoms with Gasteiger partial charge in [-0.1, -0.05) is 0 Å². The second-order valence-electron chi connectivity index (χ2n) is 4.63. The lowest BCUT2D eigenvalue weighted by atomic mass is 10.3. The third-order valence-corrected chi connectivity index (χ3v) is 3.26. The van der Waals surface area contributed by atoms with Crippen LogP contribution in [0.15, 0.2) is 24.3 Å². The molecular weight excluding hydrogens is 230 g/mol. The largest absolute Gasteiger partial charge is 0.385 e. The predicted octanol–water partition coefficient (Wildman–Crippen LogP) is 2.49. The van der Waals surface area contributed by atoms with Crippen molar-refractivity contribution < 1.29 is 4.92 Å². The molecule has 1 heterocycles. The van der Waals surface area contributed by atoms with Crippen LogP contribution in [0, 0.1) is 10.1 Å². The van der Waals surface area contributed by atoms with E-state index in [0.717, 1.165) is 25.2 Å². The summed E-state index contributed by atoms with van der Waals surface area (Å²) in [7, 11) is 0. The molecule has 0 unspecified atom stereocenters. The molecule has 1 fully saturated rings. The van der Waals surface area contributed by atoms with Crippen LogP contribution in [-0.2, 0) is 0 Å². The number of nitro benzene ring substituents is 1. The van der Waals surface area contributed by atoms with Crippen molar-refractivity contribution in [2.24, 2.45) is 0 Å². The maximum absolute atomic E-state index is 10.5. The van der Waals surface area contributed by atoms with E-state index in [1.807, 2.05) is 0 Å². The fraction of sp³-hybridized carbons (Fsp3) is 0.538. The Kier molecular flexibility index (Phi) is 4.52. The molecule has 1 N–H and O–H groups in total. The third kappa shape index (κ3) is 3.70. The van der Waals surface area contributed by atoms with Crippen LogP contribution in [-0.4, -0.2) is 36.0 Å². The first-order chi connectivity index (χ1) is 8.75. The number of nitrogens with one attached hydrogen (secondary N) is 1. The summed E-state index contributed by atoms with van der Waals surface area (Å²) < 4.78 is 0. The van der Waals surface area contributed by atoms with Crippen molar-refractivity contribution >= 4 is 11.4 Å². The zero-order valence-electron chi connectivity index (χ0n) is 10.5. The number of anilines is 1. The molecule has 0 amide bonds. The number of likely N-dealkylation sites (tertiary alicyclic amines) is 1. The zero-order valence-corrected chi connectivity index (χ0v) is 10.5. The minimum Gasteiger partial charge on any atom is -0.385 e. The molecule has 0 atom stereocenters. The summed E-state index contributed by atoms with van der Waals surface area (Å²) in [6.07, 6.45) is 3.77. The van der Waals surface area contributed by atoms with Crippen LogP contribution in [0.25, 0.3) is 0 Å². The number of non-ortho nitro benzene ring substituents is 1. The Morgan fingerprint density at radius 2 is 1.89 bits per heavy atom. The molecule has 0 aliphatic carbocycles. The molecule has 1 aliphatic rings. The summed E-state index contributed by atoms with van der Waals surface area (Å²) in [5.41, 5.74) is 1.08. The van der Waals surface area contributed by atoms with Crippen LogP contribution >= 0.6 is 0 Å². The molecule has 5 heteroatoms. The number of benzene rings is 1. The molecule has 5 nitrogen and oxygen atoms in total. The van der Waals surface area contributed by atoms with Gasteiger partial charge in [-0.05, 0) is 51.0 Å². The first kappa shape index (κ1) is 12.8. The van der Waals surface area contributed by atoms with Crippen LogP contribution in [0.4, 0.5) is 11.4 Å². The average Bonchev–Trinajstić information content (AvgIpc) is 2.88. The standard InChI is InChI=1S/C13H19N3O2/c17-16(18)13-6-4-12(5-7-13)14-8-3-11-15-9-1-2-10-15/h4-7,14H,1-3,8-11H2. The first-order valence-corrected chi connectivity index (χ1v) is 6.46. The van der Waals surface area contributed by atoms with E-state index in [1.54, 1.807) is 12.1 Å². The quantitative estimate of drug-likeness (QED) is 0.478. The van der Waals surface area contributed by atoms with Gasteiger partial charge >= 0.3 is 0 Å². The van der Waals surface area contributed by atoms with Gasteiger partial charge in [0, 0.05) is 24.4 Å². The lowest BCUT2D eigenvalue weighted by Gasteiger charge is -2.14. The fourth-order valence-electron chi connectivity index (χ4n) is 2.24. The maximum Gasteiger partial charge on any atom is 0.269 e. The van der Waals surface area contributed by atoms with Crippen molar-refractivity contribution in [1.29, 1.82) is 0 Å². The molecule has 0 radical (unpaired) electrons. The summed E-state index contributed by atoms with van der Waals surface area (Å²) in [5.74, 6) is 0. The minimum atomic E-state index is -0.378. The SMILES string of the molecule is O=[N+]([O-])c1ccc(NCCCN2CCCC2)cc1. The molecule has 98 valence electrons. The van der Waals surface area contributed by atoms with Gasteiger partial charge in [-0.15, -0.1) is 0 Å². The number of hydrogen-bond donors (Lipinski definition) is 1. The lowest BCUT2D eigenvalue weighted by Crippen LogP contribution is -2.22. The summed E-state index contributed by atoms with van der Waals surface area (Å²) in [5, 5.41) is 13.8. The Bertz CT molecular complexity index is 386.